The summed E-state index contributed by atoms with van der Waals surface area (Å²) in [5, 5.41) is 2.89. The maximum atomic E-state index is 12.9. The molecule has 0 bridgehead atoms. The monoisotopic (exact) mass is 375 g/mol. The molecule has 2 unspecified atom stereocenters. The maximum absolute atomic E-state index is 12.9. The summed E-state index contributed by atoms with van der Waals surface area (Å²) in [6.07, 6.45) is 0.444. The fourth-order valence-electron chi connectivity index (χ4n) is 3.74. The average Bonchev–Trinajstić information content (AvgIpc) is 2.68. The molecule has 7 heteroatoms. The summed E-state index contributed by atoms with van der Waals surface area (Å²) >= 11 is 0. The van der Waals surface area contributed by atoms with Gasteiger partial charge in [0, 0.05) is 42.8 Å². The third kappa shape index (κ3) is 3.59. The summed E-state index contributed by atoms with van der Waals surface area (Å²) in [6, 6.07) is 6.99. The third-order valence-corrected chi connectivity index (χ3v) is 5.90. The van der Waals surface area contributed by atoms with Crippen LogP contribution in [0, 0.1) is 5.41 Å². The predicted molar refractivity (Wildman–Crippen MR) is 103 cm³/mol. The van der Waals surface area contributed by atoms with Crippen LogP contribution in [0.2, 0.25) is 0 Å². The van der Waals surface area contributed by atoms with Crippen LogP contribution in [0.1, 0.15) is 37.6 Å². The zero-order valence-corrected chi connectivity index (χ0v) is 16.3. The number of benzene rings is 1. The molecule has 1 saturated heterocycles. The van der Waals surface area contributed by atoms with Gasteiger partial charge in [-0.05, 0) is 25.1 Å². The minimum absolute atomic E-state index is 0.0347. The van der Waals surface area contributed by atoms with Crippen molar-refractivity contribution < 1.29 is 19.1 Å². The molecule has 7 nitrogen and oxygen atoms in total. The smallest absolute Gasteiger partial charge is 0.254 e. The number of anilines is 1. The van der Waals surface area contributed by atoms with Gasteiger partial charge in [-0.2, -0.15) is 0 Å². The molecular weight excluding hydrogens is 346 g/mol. The number of rotatable bonds is 5. The first kappa shape index (κ1) is 19.8. The molecule has 0 spiro atoms. The number of carbonyl (C=O) groups excluding carboxylic acids is 2. The molecule has 1 aliphatic carbocycles. The highest BCUT2D eigenvalue weighted by atomic mass is 16.5. The van der Waals surface area contributed by atoms with Gasteiger partial charge in [0.15, 0.2) is 0 Å². The Morgan fingerprint density at radius 1 is 1.33 bits per heavy atom. The average molecular weight is 375 g/mol. The molecule has 2 atom stereocenters. The molecule has 0 aromatic heterocycles. The number of morpholine rings is 1. The summed E-state index contributed by atoms with van der Waals surface area (Å²) in [4.78, 5) is 27.3. The van der Waals surface area contributed by atoms with E-state index in [0.717, 1.165) is 0 Å². The Morgan fingerprint density at radius 3 is 2.67 bits per heavy atom. The first-order chi connectivity index (χ1) is 12.8. The van der Waals surface area contributed by atoms with Crippen molar-refractivity contribution in [2.45, 2.75) is 38.8 Å². The van der Waals surface area contributed by atoms with Gasteiger partial charge in [0.05, 0.1) is 19.3 Å². The molecule has 148 valence electrons. The highest BCUT2D eigenvalue weighted by Gasteiger charge is 2.62. The fourth-order valence-corrected chi connectivity index (χ4v) is 3.74. The van der Waals surface area contributed by atoms with E-state index in [1.54, 1.807) is 29.2 Å². The van der Waals surface area contributed by atoms with E-state index in [2.05, 4.69) is 5.32 Å². The molecule has 3 N–H and O–H groups in total. The van der Waals surface area contributed by atoms with Gasteiger partial charge < -0.3 is 25.4 Å². The Hall–Kier alpha value is -1.96. The Morgan fingerprint density at radius 2 is 2.04 bits per heavy atom. The minimum atomic E-state index is -1.00. The van der Waals surface area contributed by atoms with E-state index < -0.39 is 11.0 Å². The largest absolute Gasteiger partial charge is 0.378 e. The molecule has 1 aromatic carbocycles. The van der Waals surface area contributed by atoms with Crippen molar-refractivity contribution in [1.29, 1.82) is 0 Å². The number of carbonyl (C=O) groups is 2. The van der Waals surface area contributed by atoms with E-state index in [1.807, 2.05) is 20.8 Å². The zero-order valence-electron chi connectivity index (χ0n) is 16.3. The van der Waals surface area contributed by atoms with E-state index in [4.69, 9.17) is 15.2 Å². The van der Waals surface area contributed by atoms with Crippen LogP contribution in [0.4, 0.5) is 5.69 Å². The van der Waals surface area contributed by atoms with Gasteiger partial charge in [-0.3, -0.25) is 9.59 Å². The van der Waals surface area contributed by atoms with Crippen LogP contribution in [-0.2, 0) is 14.3 Å². The zero-order chi connectivity index (χ0) is 19.7. The first-order valence-corrected chi connectivity index (χ1v) is 9.48. The van der Waals surface area contributed by atoms with Crippen LogP contribution in [0.15, 0.2) is 24.3 Å². The Bertz CT molecular complexity index is 715. The van der Waals surface area contributed by atoms with Crippen LogP contribution in [0.5, 0.6) is 0 Å². The Labute approximate surface area is 160 Å². The van der Waals surface area contributed by atoms with Gasteiger partial charge >= 0.3 is 0 Å². The first-order valence-electron chi connectivity index (χ1n) is 9.48. The van der Waals surface area contributed by atoms with Crippen molar-refractivity contribution in [3.8, 4) is 0 Å². The molecule has 2 amide bonds. The number of ether oxygens (including phenoxy) is 2. The van der Waals surface area contributed by atoms with Gasteiger partial charge in [0.2, 0.25) is 5.91 Å². The second kappa shape index (κ2) is 7.58. The topological polar surface area (TPSA) is 93.9 Å². The van der Waals surface area contributed by atoms with Gasteiger partial charge in [0.1, 0.15) is 5.54 Å². The van der Waals surface area contributed by atoms with E-state index in [1.165, 1.54) is 0 Å². The maximum Gasteiger partial charge on any atom is 0.254 e. The van der Waals surface area contributed by atoms with Crippen molar-refractivity contribution in [2.75, 3.05) is 38.2 Å². The van der Waals surface area contributed by atoms with Crippen LogP contribution < -0.4 is 11.1 Å². The lowest BCUT2D eigenvalue weighted by molar-refractivity contribution is -0.166. The van der Waals surface area contributed by atoms with Crippen LogP contribution >= 0.6 is 0 Å². The van der Waals surface area contributed by atoms with Crippen LogP contribution in [-0.4, -0.2) is 61.3 Å². The van der Waals surface area contributed by atoms with Crippen LogP contribution in [0.3, 0.4) is 0 Å². The number of hydrogen-bond donors (Lipinski definition) is 2. The Balaban J connectivity index is 1.69. The van der Waals surface area contributed by atoms with Crippen molar-refractivity contribution in [2.24, 2.45) is 11.1 Å². The van der Waals surface area contributed by atoms with Gasteiger partial charge in [-0.15, -0.1) is 0 Å². The van der Waals surface area contributed by atoms with Crippen molar-refractivity contribution in [3.63, 3.8) is 0 Å². The van der Waals surface area contributed by atoms with E-state index >= 15 is 0 Å². The molecule has 2 fully saturated rings. The van der Waals surface area contributed by atoms with Crippen molar-refractivity contribution >= 4 is 17.5 Å². The molecule has 1 heterocycles. The lowest BCUT2D eigenvalue weighted by Crippen LogP contribution is -2.74. The second-order valence-corrected chi connectivity index (χ2v) is 7.78. The van der Waals surface area contributed by atoms with Crippen molar-refractivity contribution in [1.82, 2.24) is 4.90 Å². The lowest BCUT2D eigenvalue weighted by Gasteiger charge is -2.57. The summed E-state index contributed by atoms with van der Waals surface area (Å²) < 4.78 is 11.0. The fraction of sp³-hybridized carbons (Fsp3) is 0.600. The molecule has 1 aliphatic heterocycles. The number of hydrogen-bond acceptors (Lipinski definition) is 5. The van der Waals surface area contributed by atoms with E-state index in [-0.39, 0.29) is 17.9 Å². The van der Waals surface area contributed by atoms with Gasteiger partial charge in [-0.1, -0.05) is 19.9 Å². The summed E-state index contributed by atoms with van der Waals surface area (Å²) in [7, 11) is 0. The molecule has 2 aliphatic rings. The second-order valence-electron chi connectivity index (χ2n) is 7.78. The quantitative estimate of drug-likeness (QED) is 0.816. The molecule has 27 heavy (non-hydrogen) atoms. The van der Waals surface area contributed by atoms with Crippen molar-refractivity contribution in [3.05, 3.63) is 29.8 Å². The lowest BCUT2D eigenvalue weighted by atomic mass is 9.54. The summed E-state index contributed by atoms with van der Waals surface area (Å²) in [5.74, 6) is -0.309. The molecule has 3 rings (SSSR count). The van der Waals surface area contributed by atoms with Crippen LogP contribution in [0.25, 0.3) is 0 Å². The van der Waals surface area contributed by atoms with E-state index in [0.29, 0.717) is 50.6 Å². The molecular formula is C20H29N3O4. The highest BCUT2D eigenvalue weighted by molar-refractivity contribution is 6.01. The molecule has 1 aromatic rings. The molecule has 0 radical (unpaired) electrons. The number of nitrogens with one attached hydrogen (secondary N) is 1. The summed E-state index contributed by atoms with van der Waals surface area (Å²) in [5.41, 5.74) is 6.07. The normalized spacial score (nSPS) is 27.0. The minimum Gasteiger partial charge on any atom is -0.378 e. The SMILES string of the molecule is CCOC1CC(N)(C(=O)Nc2cccc(C(=O)N3CCOCC3)c2)C1(C)C. The van der Waals surface area contributed by atoms with Gasteiger partial charge in [-0.25, -0.2) is 0 Å². The number of amides is 2. The van der Waals surface area contributed by atoms with E-state index in [9.17, 15) is 9.59 Å². The Kier molecular flexibility index (Phi) is 5.55. The third-order valence-electron chi connectivity index (χ3n) is 5.90. The predicted octanol–water partition coefficient (Wildman–Crippen LogP) is 1.63. The highest BCUT2D eigenvalue weighted by Crippen LogP contribution is 2.50. The van der Waals surface area contributed by atoms with Gasteiger partial charge in [0.25, 0.3) is 5.91 Å². The standard InChI is InChI=1S/C20H29N3O4/c1-4-27-16-13-20(21,19(16,2)3)18(25)22-15-7-5-6-14(12-15)17(24)23-8-10-26-11-9-23/h5-7,12,16H,4,8-11,13,21H2,1-3H3,(H,22,25). The number of nitrogens with two attached hydrogens (primary N) is 1. The molecule has 1 saturated carbocycles. The number of nitrogens with zero attached hydrogens (tertiary/aromatic N) is 1. The summed E-state index contributed by atoms with van der Waals surface area (Å²) in [6.45, 7) is 8.69.